The van der Waals surface area contributed by atoms with Crippen LogP contribution in [0.4, 0.5) is 5.69 Å². The largest absolute Gasteiger partial charge is 0.337 e. The van der Waals surface area contributed by atoms with Crippen LogP contribution in [0.3, 0.4) is 0 Å². The molecule has 118 valence electrons. The number of aryl methyl sites for hydroxylation is 1. The van der Waals surface area contributed by atoms with E-state index in [0.29, 0.717) is 23.5 Å². The second-order valence-corrected chi connectivity index (χ2v) is 4.99. The van der Waals surface area contributed by atoms with Crippen LogP contribution in [0, 0.1) is 10.1 Å². The molecule has 9 heteroatoms. The standard InChI is InChI=1S/C14H13N5O4/c1-2-3-12-16-13(23-17-12)7-18-8-15-11-6-9(19(21)22)4-5-10(11)14(18)20/h4-6,8H,2-3,7H2,1H3. The molecule has 23 heavy (non-hydrogen) atoms. The predicted octanol–water partition coefficient (Wildman–Crippen LogP) is 1.69. The Hall–Kier alpha value is -3.10. The van der Waals surface area contributed by atoms with E-state index in [-0.39, 0.29) is 23.3 Å². The summed E-state index contributed by atoms with van der Waals surface area (Å²) in [5.74, 6) is 0.915. The van der Waals surface area contributed by atoms with E-state index >= 15 is 0 Å². The van der Waals surface area contributed by atoms with E-state index in [0.717, 1.165) is 6.42 Å². The lowest BCUT2D eigenvalue weighted by molar-refractivity contribution is -0.384. The minimum absolute atomic E-state index is 0.107. The van der Waals surface area contributed by atoms with Crippen molar-refractivity contribution in [2.45, 2.75) is 26.3 Å². The van der Waals surface area contributed by atoms with Gasteiger partial charge in [0.25, 0.3) is 11.2 Å². The Bertz CT molecular complexity index is 930. The van der Waals surface area contributed by atoms with Gasteiger partial charge in [0.15, 0.2) is 5.82 Å². The van der Waals surface area contributed by atoms with Gasteiger partial charge in [0, 0.05) is 18.6 Å². The van der Waals surface area contributed by atoms with Gasteiger partial charge in [-0.2, -0.15) is 4.98 Å². The zero-order chi connectivity index (χ0) is 16.4. The first-order chi connectivity index (χ1) is 11.1. The molecule has 0 atom stereocenters. The first kappa shape index (κ1) is 14.8. The molecule has 1 aromatic carbocycles. The van der Waals surface area contributed by atoms with Gasteiger partial charge in [0.1, 0.15) is 6.54 Å². The van der Waals surface area contributed by atoms with Crippen LogP contribution in [0.5, 0.6) is 0 Å². The van der Waals surface area contributed by atoms with Crippen molar-refractivity contribution in [3.05, 3.63) is 56.7 Å². The number of non-ortho nitro benzene ring substituents is 1. The zero-order valence-electron chi connectivity index (χ0n) is 12.3. The monoisotopic (exact) mass is 315 g/mol. The van der Waals surface area contributed by atoms with Crippen molar-refractivity contribution in [3.8, 4) is 0 Å². The van der Waals surface area contributed by atoms with Crippen LogP contribution in [-0.4, -0.2) is 24.6 Å². The third kappa shape index (κ3) is 2.93. The highest BCUT2D eigenvalue weighted by Gasteiger charge is 2.12. The number of nitrogens with zero attached hydrogens (tertiary/aromatic N) is 5. The molecule has 3 rings (SSSR count). The number of hydrogen-bond acceptors (Lipinski definition) is 7. The Morgan fingerprint density at radius 2 is 2.22 bits per heavy atom. The normalized spacial score (nSPS) is 11.0. The van der Waals surface area contributed by atoms with Crippen LogP contribution in [-0.2, 0) is 13.0 Å². The molecule has 0 unspecified atom stereocenters. The SMILES string of the molecule is CCCc1noc(Cn2cnc3cc([N+](=O)[O-])ccc3c2=O)n1. The molecule has 0 radical (unpaired) electrons. The van der Waals surface area contributed by atoms with E-state index in [1.807, 2.05) is 6.92 Å². The van der Waals surface area contributed by atoms with Crippen LogP contribution in [0.1, 0.15) is 25.1 Å². The fourth-order valence-electron chi connectivity index (χ4n) is 2.20. The minimum atomic E-state index is -0.527. The summed E-state index contributed by atoms with van der Waals surface area (Å²) < 4.78 is 6.43. The number of nitro groups is 1. The molecule has 0 saturated carbocycles. The van der Waals surface area contributed by atoms with Gasteiger partial charge in [0.2, 0.25) is 5.89 Å². The van der Waals surface area contributed by atoms with Crippen LogP contribution >= 0.6 is 0 Å². The number of nitro benzene ring substituents is 1. The highest BCUT2D eigenvalue weighted by Crippen LogP contribution is 2.16. The third-order valence-corrected chi connectivity index (χ3v) is 3.31. The fraction of sp³-hybridized carbons (Fsp3) is 0.286. The van der Waals surface area contributed by atoms with Gasteiger partial charge in [-0.15, -0.1) is 0 Å². The van der Waals surface area contributed by atoms with Gasteiger partial charge >= 0.3 is 0 Å². The van der Waals surface area contributed by atoms with E-state index in [1.165, 1.54) is 29.1 Å². The number of hydrogen-bond donors (Lipinski definition) is 0. The molecule has 0 saturated heterocycles. The fourth-order valence-corrected chi connectivity index (χ4v) is 2.20. The summed E-state index contributed by atoms with van der Waals surface area (Å²) in [5, 5.41) is 14.9. The van der Waals surface area contributed by atoms with Gasteiger partial charge in [-0.3, -0.25) is 19.5 Å². The molecule has 3 aromatic rings. The zero-order valence-corrected chi connectivity index (χ0v) is 12.3. The van der Waals surface area contributed by atoms with Crippen molar-refractivity contribution in [2.24, 2.45) is 0 Å². The van der Waals surface area contributed by atoms with Crippen LogP contribution in [0.25, 0.3) is 10.9 Å². The molecular formula is C14H13N5O4. The molecular weight excluding hydrogens is 302 g/mol. The van der Waals surface area contributed by atoms with Crippen molar-refractivity contribution < 1.29 is 9.45 Å². The lowest BCUT2D eigenvalue weighted by Crippen LogP contribution is -2.21. The first-order valence-electron chi connectivity index (χ1n) is 7.03. The molecule has 0 bridgehead atoms. The number of benzene rings is 1. The average Bonchev–Trinajstić information content (AvgIpc) is 2.97. The molecule has 9 nitrogen and oxygen atoms in total. The summed E-state index contributed by atoms with van der Waals surface area (Å²) in [6.07, 6.45) is 2.92. The number of rotatable bonds is 5. The second kappa shape index (κ2) is 5.95. The summed E-state index contributed by atoms with van der Waals surface area (Å²) in [4.78, 5) is 30.9. The second-order valence-electron chi connectivity index (χ2n) is 4.99. The maximum Gasteiger partial charge on any atom is 0.271 e. The van der Waals surface area contributed by atoms with E-state index in [4.69, 9.17) is 4.52 Å². The third-order valence-electron chi connectivity index (χ3n) is 3.31. The van der Waals surface area contributed by atoms with Gasteiger partial charge < -0.3 is 4.52 Å². The Morgan fingerprint density at radius 1 is 1.39 bits per heavy atom. The Morgan fingerprint density at radius 3 is 2.96 bits per heavy atom. The Labute approximate surface area is 129 Å². The van der Waals surface area contributed by atoms with Crippen LogP contribution < -0.4 is 5.56 Å². The average molecular weight is 315 g/mol. The van der Waals surface area contributed by atoms with Crippen molar-refractivity contribution in [1.29, 1.82) is 0 Å². The van der Waals surface area contributed by atoms with E-state index in [9.17, 15) is 14.9 Å². The number of fused-ring (bicyclic) bond motifs is 1. The van der Waals surface area contributed by atoms with Crippen LogP contribution in [0.15, 0.2) is 33.8 Å². The molecule has 0 aliphatic heterocycles. The molecule has 2 aromatic heterocycles. The summed E-state index contributed by atoms with van der Waals surface area (Å²) in [6, 6.07) is 3.95. The predicted molar refractivity (Wildman–Crippen MR) is 80.1 cm³/mol. The quantitative estimate of drug-likeness (QED) is 0.519. The van der Waals surface area contributed by atoms with E-state index < -0.39 is 4.92 Å². The molecule has 0 fully saturated rings. The summed E-state index contributed by atoms with van der Waals surface area (Å²) in [7, 11) is 0. The molecule has 0 spiro atoms. The minimum Gasteiger partial charge on any atom is -0.337 e. The first-order valence-corrected chi connectivity index (χ1v) is 7.03. The van der Waals surface area contributed by atoms with Crippen molar-refractivity contribution in [1.82, 2.24) is 19.7 Å². The summed E-state index contributed by atoms with van der Waals surface area (Å²) in [6.45, 7) is 2.11. The summed E-state index contributed by atoms with van der Waals surface area (Å²) >= 11 is 0. The van der Waals surface area contributed by atoms with Crippen molar-refractivity contribution in [2.75, 3.05) is 0 Å². The molecule has 2 heterocycles. The topological polar surface area (TPSA) is 117 Å². The number of aromatic nitrogens is 4. The smallest absolute Gasteiger partial charge is 0.271 e. The highest BCUT2D eigenvalue weighted by molar-refractivity contribution is 5.79. The molecule has 0 aliphatic rings. The Kier molecular flexibility index (Phi) is 3.83. The molecule has 0 aliphatic carbocycles. The molecule has 0 N–H and O–H groups in total. The maximum atomic E-state index is 12.4. The van der Waals surface area contributed by atoms with Gasteiger partial charge in [-0.05, 0) is 12.5 Å². The highest BCUT2D eigenvalue weighted by atomic mass is 16.6. The Balaban J connectivity index is 1.95. The molecule has 0 amide bonds. The van der Waals surface area contributed by atoms with Gasteiger partial charge in [-0.1, -0.05) is 12.1 Å². The van der Waals surface area contributed by atoms with Crippen molar-refractivity contribution >= 4 is 16.6 Å². The summed E-state index contributed by atoms with van der Waals surface area (Å²) in [5.41, 5.74) is -0.152. The van der Waals surface area contributed by atoms with E-state index in [2.05, 4.69) is 15.1 Å². The maximum absolute atomic E-state index is 12.4. The van der Waals surface area contributed by atoms with Crippen LogP contribution in [0.2, 0.25) is 0 Å². The van der Waals surface area contributed by atoms with Crippen molar-refractivity contribution in [3.63, 3.8) is 0 Å². The van der Waals surface area contributed by atoms with Gasteiger partial charge in [0.05, 0.1) is 22.2 Å². The van der Waals surface area contributed by atoms with E-state index in [1.54, 1.807) is 0 Å². The lowest BCUT2D eigenvalue weighted by Gasteiger charge is -2.03. The van der Waals surface area contributed by atoms with Gasteiger partial charge in [-0.25, -0.2) is 4.98 Å². The lowest BCUT2D eigenvalue weighted by atomic mass is 10.2.